The fourth-order valence-corrected chi connectivity index (χ4v) is 8.16. The first kappa shape index (κ1) is 29.9. The molecule has 9 rings (SSSR count). The van der Waals surface area contributed by atoms with Crippen LogP contribution in [0.25, 0.3) is 64.7 Å². The van der Waals surface area contributed by atoms with Crippen molar-refractivity contribution in [3.05, 3.63) is 200 Å². The average Bonchev–Trinajstić information content (AvgIpc) is 3.58. The molecule has 0 amide bonds. The Kier molecular flexibility index (Phi) is 7.77. The lowest BCUT2D eigenvalue weighted by atomic mass is 9.96. The average molecular weight is 656 g/mol. The molecule has 2 heteroatoms. The Hall–Kier alpha value is -6.22. The molecule has 0 aliphatic rings. The predicted octanol–water partition coefficient (Wildman–Crippen LogP) is 14.2. The van der Waals surface area contributed by atoms with Gasteiger partial charge in [-0.05, 0) is 93.5 Å². The maximum Gasteiger partial charge on any atom is 0.0462 e. The molecule has 50 heavy (non-hydrogen) atoms. The second-order valence-electron chi connectivity index (χ2n) is 12.6. The number of anilines is 3. The molecule has 0 aliphatic heterocycles. The molecule has 0 radical (unpaired) electrons. The van der Waals surface area contributed by atoms with Gasteiger partial charge < -0.3 is 4.90 Å². The Morgan fingerprint density at radius 3 is 1.20 bits per heavy atom. The van der Waals surface area contributed by atoms with Crippen LogP contribution in [-0.2, 0) is 0 Å². The maximum atomic E-state index is 2.37. The molecule has 0 unspecified atom stereocenters. The second kappa shape index (κ2) is 13.0. The van der Waals surface area contributed by atoms with Crippen LogP contribution < -0.4 is 4.90 Å². The SMILES string of the molecule is c1ccc(-c2ccc(N(c3ccc(-c4ccccc4)cc3)c3ccc(-c4cc(-c5ccccc5)cc5c4sc4ccccc45)cc3)cc2)cc1. The van der Waals surface area contributed by atoms with E-state index in [-0.39, 0.29) is 0 Å². The summed E-state index contributed by atoms with van der Waals surface area (Å²) in [7, 11) is 0. The molecule has 0 fully saturated rings. The third-order valence-corrected chi connectivity index (χ3v) is 10.7. The monoisotopic (exact) mass is 655 g/mol. The fourth-order valence-electron chi connectivity index (χ4n) is 6.94. The molecule has 1 nitrogen and oxygen atoms in total. The van der Waals surface area contributed by atoms with Gasteiger partial charge in [-0.3, -0.25) is 0 Å². The van der Waals surface area contributed by atoms with Gasteiger partial charge in [0.2, 0.25) is 0 Å². The Bertz CT molecular complexity index is 2450. The summed E-state index contributed by atoms with van der Waals surface area (Å²) in [5.74, 6) is 0. The zero-order valence-electron chi connectivity index (χ0n) is 27.4. The van der Waals surface area contributed by atoms with Gasteiger partial charge in [0, 0.05) is 42.8 Å². The van der Waals surface area contributed by atoms with Gasteiger partial charge in [-0.1, -0.05) is 146 Å². The minimum absolute atomic E-state index is 1.11. The van der Waals surface area contributed by atoms with Crippen LogP contribution >= 0.6 is 11.3 Å². The van der Waals surface area contributed by atoms with Crippen LogP contribution in [0.4, 0.5) is 17.1 Å². The van der Waals surface area contributed by atoms with Crippen molar-refractivity contribution in [2.24, 2.45) is 0 Å². The van der Waals surface area contributed by atoms with Crippen LogP contribution in [0.15, 0.2) is 200 Å². The third kappa shape index (κ3) is 5.66. The molecule has 0 aliphatic carbocycles. The van der Waals surface area contributed by atoms with E-state index in [0.29, 0.717) is 0 Å². The van der Waals surface area contributed by atoms with Crippen molar-refractivity contribution in [1.29, 1.82) is 0 Å². The molecule has 8 aromatic carbocycles. The van der Waals surface area contributed by atoms with Crippen LogP contribution in [0.3, 0.4) is 0 Å². The Balaban J connectivity index is 1.15. The zero-order valence-corrected chi connectivity index (χ0v) is 28.2. The van der Waals surface area contributed by atoms with Crippen LogP contribution in [-0.4, -0.2) is 0 Å². The minimum Gasteiger partial charge on any atom is -0.311 e. The smallest absolute Gasteiger partial charge is 0.0462 e. The topological polar surface area (TPSA) is 3.24 Å². The summed E-state index contributed by atoms with van der Waals surface area (Å²) >= 11 is 1.88. The molecular formula is C48H33NS. The van der Waals surface area contributed by atoms with E-state index in [2.05, 4.69) is 205 Å². The number of thiophene rings is 1. The summed E-state index contributed by atoms with van der Waals surface area (Å²) in [6, 6.07) is 72.2. The molecule has 0 saturated carbocycles. The summed E-state index contributed by atoms with van der Waals surface area (Å²) in [4.78, 5) is 2.35. The molecule has 236 valence electrons. The molecule has 1 aromatic heterocycles. The molecule has 0 N–H and O–H groups in total. The van der Waals surface area contributed by atoms with Crippen LogP contribution in [0.1, 0.15) is 0 Å². The minimum atomic E-state index is 1.11. The highest BCUT2D eigenvalue weighted by atomic mass is 32.1. The van der Waals surface area contributed by atoms with Crippen molar-refractivity contribution in [2.45, 2.75) is 0 Å². The van der Waals surface area contributed by atoms with Gasteiger partial charge in [0.15, 0.2) is 0 Å². The van der Waals surface area contributed by atoms with Gasteiger partial charge in [0.05, 0.1) is 0 Å². The van der Waals surface area contributed by atoms with E-state index in [4.69, 9.17) is 0 Å². The molecule has 0 spiro atoms. The lowest BCUT2D eigenvalue weighted by Crippen LogP contribution is -2.09. The fraction of sp³-hybridized carbons (Fsp3) is 0. The Morgan fingerprint density at radius 1 is 0.300 bits per heavy atom. The van der Waals surface area contributed by atoms with Crippen LogP contribution in [0.2, 0.25) is 0 Å². The number of fused-ring (bicyclic) bond motifs is 3. The van der Waals surface area contributed by atoms with Gasteiger partial charge in [-0.25, -0.2) is 0 Å². The first-order valence-electron chi connectivity index (χ1n) is 17.0. The van der Waals surface area contributed by atoms with Crippen molar-refractivity contribution in [1.82, 2.24) is 0 Å². The van der Waals surface area contributed by atoms with Crippen molar-refractivity contribution >= 4 is 48.6 Å². The van der Waals surface area contributed by atoms with E-state index in [9.17, 15) is 0 Å². The van der Waals surface area contributed by atoms with E-state index in [0.717, 1.165) is 17.1 Å². The van der Waals surface area contributed by atoms with Crippen molar-refractivity contribution in [3.8, 4) is 44.5 Å². The maximum absolute atomic E-state index is 2.37. The summed E-state index contributed by atoms with van der Waals surface area (Å²) < 4.78 is 2.64. The lowest BCUT2D eigenvalue weighted by Gasteiger charge is -2.26. The number of hydrogen-bond donors (Lipinski definition) is 0. The van der Waals surface area contributed by atoms with Crippen molar-refractivity contribution in [3.63, 3.8) is 0 Å². The van der Waals surface area contributed by atoms with E-state index < -0.39 is 0 Å². The Morgan fingerprint density at radius 2 is 0.700 bits per heavy atom. The van der Waals surface area contributed by atoms with Crippen molar-refractivity contribution in [2.75, 3.05) is 4.90 Å². The first-order valence-corrected chi connectivity index (χ1v) is 17.8. The standard InChI is InChI=1S/C48H33NS/c1-4-12-34(13-5-1)37-20-26-41(27-21-37)49(42-28-22-38(23-29-42)35-14-6-2-7-15-35)43-30-24-39(25-31-43)45-32-40(36-16-8-3-9-17-36)33-46-44-18-10-11-19-47(44)50-48(45)46/h1-33H. The van der Waals surface area contributed by atoms with Gasteiger partial charge in [0.1, 0.15) is 0 Å². The molecule has 0 bridgehead atoms. The number of rotatable bonds is 7. The lowest BCUT2D eigenvalue weighted by molar-refractivity contribution is 1.28. The highest BCUT2D eigenvalue weighted by Crippen LogP contribution is 2.44. The van der Waals surface area contributed by atoms with Crippen molar-refractivity contribution < 1.29 is 0 Å². The third-order valence-electron chi connectivity index (χ3n) is 9.49. The quantitative estimate of drug-likeness (QED) is 0.165. The predicted molar refractivity (Wildman–Crippen MR) is 216 cm³/mol. The molecule has 0 saturated heterocycles. The summed E-state index contributed by atoms with van der Waals surface area (Å²) in [6.45, 7) is 0. The van der Waals surface area contributed by atoms with Crippen LogP contribution in [0, 0.1) is 0 Å². The number of benzene rings is 8. The first-order chi connectivity index (χ1) is 24.8. The van der Waals surface area contributed by atoms with E-state index in [1.54, 1.807) is 0 Å². The molecular weight excluding hydrogens is 623 g/mol. The largest absolute Gasteiger partial charge is 0.311 e. The number of nitrogens with zero attached hydrogens (tertiary/aromatic N) is 1. The van der Waals surface area contributed by atoms with Gasteiger partial charge in [-0.2, -0.15) is 0 Å². The van der Waals surface area contributed by atoms with Gasteiger partial charge >= 0.3 is 0 Å². The summed E-state index contributed by atoms with van der Waals surface area (Å²) in [5, 5.41) is 2.62. The second-order valence-corrected chi connectivity index (χ2v) is 13.6. The zero-order chi connectivity index (χ0) is 33.3. The highest BCUT2D eigenvalue weighted by molar-refractivity contribution is 7.26. The van der Waals surface area contributed by atoms with E-state index >= 15 is 0 Å². The molecule has 0 atom stereocenters. The van der Waals surface area contributed by atoms with Crippen LogP contribution in [0.5, 0.6) is 0 Å². The molecule has 1 heterocycles. The number of hydrogen-bond acceptors (Lipinski definition) is 2. The highest BCUT2D eigenvalue weighted by Gasteiger charge is 2.16. The molecule has 9 aromatic rings. The Labute approximate surface area is 297 Å². The van der Waals surface area contributed by atoms with E-state index in [1.807, 2.05) is 11.3 Å². The van der Waals surface area contributed by atoms with Gasteiger partial charge in [0.25, 0.3) is 0 Å². The van der Waals surface area contributed by atoms with E-state index in [1.165, 1.54) is 64.7 Å². The normalized spacial score (nSPS) is 11.2. The van der Waals surface area contributed by atoms with Gasteiger partial charge in [-0.15, -0.1) is 11.3 Å². The summed E-state index contributed by atoms with van der Waals surface area (Å²) in [6.07, 6.45) is 0. The summed E-state index contributed by atoms with van der Waals surface area (Å²) in [5.41, 5.74) is 13.1.